The van der Waals surface area contributed by atoms with Crippen LogP contribution < -0.4 is 0 Å². The molecule has 0 heterocycles. The minimum absolute atomic E-state index is 0.122. The molecule has 0 aromatic heterocycles. The Kier molecular flexibility index (Phi) is 4.52. The van der Waals surface area contributed by atoms with Gasteiger partial charge in [-0.1, -0.05) is 6.07 Å². The lowest BCUT2D eigenvalue weighted by Gasteiger charge is -2.19. The Labute approximate surface area is 103 Å². The van der Waals surface area contributed by atoms with Crippen LogP contribution in [0.4, 0.5) is 4.39 Å². The van der Waals surface area contributed by atoms with Gasteiger partial charge in [-0.15, -0.1) is 0 Å². The fourth-order valence-corrected chi connectivity index (χ4v) is 1.64. The Morgan fingerprint density at radius 1 is 1.44 bits per heavy atom. The van der Waals surface area contributed by atoms with Gasteiger partial charge in [0.25, 0.3) is 0 Å². The zero-order chi connectivity index (χ0) is 13.9. The van der Waals surface area contributed by atoms with Gasteiger partial charge in [-0.25, -0.2) is 9.18 Å². The molecule has 2 N–H and O–H groups in total. The quantitative estimate of drug-likeness (QED) is 0.606. The minimum Gasteiger partial charge on any atom is -0.467 e. The largest absolute Gasteiger partial charge is 0.467 e. The van der Waals surface area contributed by atoms with Gasteiger partial charge in [0.2, 0.25) is 0 Å². The number of carbonyl (C=O) groups excluding carboxylic acids is 2. The van der Waals surface area contributed by atoms with Crippen molar-refractivity contribution in [1.29, 1.82) is 0 Å². The zero-order valence-corrected chi connectivity index (χ0v) is 9.88. The molecule has 0 aliphatic rings. The van der Waals surface area contributed by atoms with Crippen molar-refractivity contribution in [3.63, 3.8) is 0 Å². The summed E-state index contributed by atoms with van der Waals surface area (Å²) in [5.41, 5.74) is -0.123. The number of esters is 1. The van der Waals surface area contributed by atoms with Crippen molar-refractivity contribution in [3.8, 4) is 0 Å². The fraction of sp³-hybridized carbons (Fsp3) is 0.333. The number of ether oxygens (including phenoxy) is 1. The Hall–Kier alpha value is -1.79. The van der Waals surface area contributed by atoms with E-state index in [1.165, 1.54) is 13.0 Å². The summed E-state index contributed by atoms with van der Waals surface area (Å²) in [5, 5.41) is 19.3. The third-order valence-electron chi connectivity index (χ3n) is 2.61. The highest BCUT2D eigenvalue weighted by Crippen LogP contribution is 2.26. The van der Waals surface area contributed by atoms with E-state index >= 15 is 0 Å². The van der Waals surface area contributed by atoms with Crippen LogP contribution in [0.3, 0.4) is 0 Å². The predicted octanol–water partition coefficient (Wildman–Crippen LogP) is 0.514. The first-order valence-corrected chi connectivity index (χ1v) is 5.12. The Morgan fingerprint density at radius 3 is 2.56 bits per heavy atom. The van der Waals surface area contributed by atoms with E-state index in [0.29, 0.717) is 5.56 Å². The Balaban J connectivity index is 3.27. The van der Waals surface area contributed by atoms with Crippen molar-refractivity contribution in [2.75, 3.05) is 7.11 Å². The number of halogens is 1. The van der Waals surface area contributed by atoms with Crippen LogP contribution >= 0.6 is 0 Å². The summed E-state index contributed by atoms with van der Waals surface area (Å²) in [6.07, 6.45) is -3.38. The molecule has 0 aliphatic carbocycles. The SMILES string of the molecule is COC(=O)C(O)C(O)c1c(C)ccc(F)c1C=O. The molecule has 98 valence electrons. The summed E-state index contributed by atoms with van der Waals surface area (Å²) < 4.78 is 17.7. The number of benzene rings is 1. The second-order valence-electron chi connectivity index (χ2n) is 3.72. The van der Waals surface area contributed by atoms with Gasteiger partial charge < -0.3 is 14.9 Å². The Bertz CT molecular complexity index is 472. The van der Waals surface area contributed by atoms with Gasteiger partial charge in [-0.2, -0.15) is 0 Å². The monoisotopic (exact) mass is 256 g/mol. The van der Waals surface area contributed by atoms with E-state index in [1.807, 2.05) is 0 Å². The maximum absolute atomic E-state index is 13.4. The van der Waals surface area contributed by atoms with Gasteiger partial charge in [-0.3, -0.25) is 4.79 Å². The highest BCUT2D eigenvalue weighted by atomic mass is 19.1. The number of hydrogen-bond acceptors (Lipinski definition) is 5. The maximum atomic E-state index is 13.4. The maximum Gasteiger partial charge on any atom is 0.337 e. The lowest BCUT2D eigenvalue weighted by molar-refractivity contribution is -0.156. The van der Waals surface area contributed by atoms with Crippen LogP contribution in [0.25, 0.3) is 0 Å². The van der Waals surface area contributed by atoms with E-state index in [1.54, 1.807) is 0 Å². The average molecular weight is 256 g/mol. The van der Waals surface area contributed by atoms with Gasteiger partial charge >= 0.3 is 5.97 Å². The summed E-state index contributed by atoms with van der Waals surface area (Å²) in [6.45, 7) is 1.52. The van der Waals surface area contributed by atoms with Crippen LogP contribution in [0.15, 0.2) is 12.1 Å². The van der Waals surface area contributed by atoms with Crippen LogP contribution in [0, 0.1) is 12.7 Å². The van der Waals surface area contributed by atoms with Crippen molar-refractivity contribution >= 4 is 12.3 Å². The lowest BCUT2D eigenvalue weighted by Crippen LogP contribution is -2.30. The molecule has 1 aromatic carbocycles. The van der Waals surface area contributed by atoms with E-state index in [4.69, 9.17) is 0 Å². The van der Waals surface area contributed by atoms with E-state index < -0.39 is 24.0 Å². The highest BCUT2D eigenvalue weighted by molar-refractivity contribution is 5.81. The molecule has 0 aliphatic heterocycles. The first-order chi connectivity index (χ1) is 8.43. The number of aliphatic hydroxyl groups is 2. The first-order valence-electron chi connectivity index (χ1n) is 5.12. The van der Waals surface area contributed by atoms with E-state index in [-0.39, 0.29) is 17.4 Å². The number of aldehydes is 1. The van der Waals surface area contributed by atoms with Crippen molar-refractivity contribution in [1.82, 2.24) is 0 Å². The number of methoxy groups -OCH3 is 1. The molecule has 0 bridgehead atoms. The average Bonchev–Trinajstić information content (AvgIpc) is 2.38. The molecule has 5 nitrogen and oxygen atoms in total. The van der Waals surface area contributed by atoms with Gasteiger partial charge in [0.15, 0.2) is 12.4 Å². The number of aryl methyl sites for hydroxylation is 1. The molecule has 0 spiro atoms. The summed E-state index contributed by atoms with van der Waals surface area (Å²) in [5.74, 6) is -1.90. The minimum atomic E-state index is -1.88. The van der Waals surface area contributed by atoms with E-state index in [0.717, 1.165) is 13.2 Å². The fourth-order valence-electron chi connectivity index (χ4n) is 1.64. The molecular weight excluding hydrogens is 243 g/mol. The number of rotatable bonds is 4. The van der Waals surface area contributed by atoms with Crippen molar-refractivity contribution < 1.29 is 28.9 Å². The summed E-state index contributed by atoms with van der Waals surface area (Å²) in [4.78, 5) is 21.9. The molecule has 0 fully saturated rings. The zero-order valence-electron chi connectivity index (χ0n) is 9.88. The van der Waals surface area contributed by atoms with Gasteiger partial charge in [0.05, 0.1) is 12.7 Å². The summed E-state index contributed by atoms with van der Waals surface area (Å²) >= 11 is 0. The third-order valence-corrected chi connectivity index (χ3v) is 2.61. The van der Waals surface area contributed by atoms with E-state index in [2.05, 4.69) is 4.74 Å². The predicted molar refractivity (Wildman–Crippen MR) is 59.5 cm³/mol. The van der Waals surface area contributed by atoms with Crippen LogP contribution in [0.2, 0.25) is 0 Å². The second-order valence-corrected chi connectivity index (χ2v) is 3.72. The smallest absolute Gasteiger partial charge is 0.337 e. The molecule has 6 heteroatoms. The number of hydrogen-bond donors (Lipinski definition) is 2. The van der Waals surface area contributed by atoms with Gasteiger partial charge in [0, 0.05) is 5.56 Å². The molecule has 18 heavy (non-hydrogen) atoms. The van der Waals surface area contributed by atoms with E-state index in [9.17, 15) is 24.2 Å². The molecule has 0 amide bonds. The number of aliphatic hydroxyl groups excluding tert-OH is 2. The Morgan fingerprint density at radius 2 is 2.06 bits per heavy atom. The van der Waals surface area contributed by atoms with Crippen LogP contribution in [-0.4, -0.2) is 35.7 Å². The van der Waals surface area contributed by atoms with Crippen molar-refractivity contribution in [3.05, 3.63) is 34.6 Å². The molecule has 0 radical (unpaired) electrons. The molecule has 1 aromatic rings. The van der Waals surface area contributed by atoms with Crippen molar-refractivity contribution in [2.45, 2.75) is 19.1 Å². The molecule has 1 rings (SSSR count). The first kappa shape index (κ1) is 14.3. The van der Waals surface area contributed by atoms with Crippen LogP contribution in [-0.2, 0) is 9.53 Å². The van der Waals surface area contributed by atoms with Crippen molar-refractivity contribution in [2.24, 2.45) is 0 Å². The molecule has 2 atom stereocenters. The highest BCUT2D eigenvalue weighted by Gasteiger charge is 2.30. The lowest BCUT2D eigenvalue weighted by atomic mass is 9.94. The third kappa shape index (κ3) is 2.55. The van der Waals surface area contributed by atoms with Gasteiger partial charge in [-0.05, 0) is 18.6 Å². The molecule has 0 saturated heterocycles. The number of carbonyl (C=O) groups is 2. The normalized spacial score (nSPS) is 13.8. The van der Waals surface area contributed by atoms with Crippen LogP contribution in [0.1, 0.15) is 27.6 Å². The summed E-state index contributed by atoms with van der Waals surface area (Å²) in [7, 11) is 1.04. The van der Waals surface area contributed by atoms with Crippen LogP contribution in [0.5, 0.6) is 0 Å². The molecule has 0 saturated carbocycles. The summed E-state index contributed by atoms with van der Waals surface area (Å²) in [6, 6.07) is 2.41. The second kappa shape index (κ2) is 5.70. The van der Waals surface area contributed by atoms with Gasteiger partial charge in [0.1, 0.15) is 11.9 Å². The molecule has 2 unspecified atom stereocenters. The molecular formula is C12H13FO5. The standard InChI is InChI=1S/C12H13FO5/c1-6-3-4-8(13)7(5-14)9(6)10(15)11(16)12(17)18-2/h3-5,10-11,15-16H,1-2H3. The topological polar surface area (TPSA) is 83.8 Å².